The van der Waals surface area contributed by atoms with E-state index in [0.29, 0.717) is 24.3 Å². The van der Waals surface area contributed by atoms with E-state index in [1.165, 1.54) is 42.5 Å². The molecule has 6 aromatic carbocycles. The summed E-state index contributed by atoms with van der Waals surface area (Å²) in [6.07, 6.45) is 0. The van der Waals surface area contributed by atoms with E-state index in [1.807, 2.05) is 0 Å². The van der Waals surface area contributed by atoms with Crippen LogP contribution in [0, 0.1) is 40.5 Å². The van der Waals surface area contributed by atoms with Crippen molar-refractivity contribution in [2.24, 2.45) is 20.5 Å². The Labute approximate surface area is 434 Å². The Morgan fingerprint density at radius 1 is 0.547 bits per heavy atom. The van der Waals surface area contributed by atoms with Crippen molar-refractivity contribution >= 4 is 98.7 Å². The van der Waals surface area contributed by atoms with E-state index in [-0.39, 0.29) is 145 Å². The normalized spacial score (nSPS) is 11.0. The van der Waals surface area contributed by atoms with Crippen molar-refractivity contribution in [3.63, 3.8) is 0 Å². The Hall–Kier alpha value is -4.81. The summed E-state index contributed by atoms with van der Waals surface area (Å²) < 4.78 is 67.7. The zero-order valence-corrected chi connectivity index (χ0v) is 41.4. The van der Waals surface area contributed by atoms with Gasteiger partial charge in [-0.25, -0.2) is 8.42 Å². The number of hydrogen-bond acceptors (Lipinski definition) is 20. The van der Waals surface area contributed by atoms with Gasteiger partial charge < -0.3 is 26.2 Å². The molecule has 0 bridgehead atoms. The minimum absolute atomic E-state index is 0. The average molecular weight is 984 g/mol. The average Bonchev–Trinajstić information content (AvgIpc) is 3.17. The Morgan fingerprint density at radius 3 is 1.30 bits per heavy atom. The van der Waals surface area contributed by atoms with Crippen LogP contribution in [0.15, 0.2) is 115 Å². The molecule has 64 heavy (non-hydrogen) atoms. The quantitative estimate of drug-likeness (QED) is 0.0364. The van der Waals surface area contributed by atoms with Gasteiger partial charge in [0.2, 0.25) is 0 Å². The Morgan fingerprint density at radius 2 is 0.906 bits per heavy atom. The molecular formula is C32H18CrN10Na3O16S2+2. The molecule has 0 aliphatic carbocycles. The van der Waals surface area contributed by atoms with Crippen LogP contribution >= 0.6 is 0 Å². The Balaban J connectivity index is 0.000000602. The number of nitrogens with one attached hydrogen (secondary N) is 1. The molecule has 0 aliphatic rings. The molecule has 0 amide bonds. The van der Waals surface area contributed by atoms with Gasteiger partial charge in [0, 0.05) is 34.4 Å². The third-order valence-electron chi connectivity index (χ3n) is 7.97. The molecule has 6 rings (SSSR count). The first-order valence-corrected chi connectivity index (χ1v) is 18.5. The van der Waals surface area contributed by atoms with E-state index >= 15 is 0 Å². The molecule has 6 aromatic rings. The molecule has 0 fully saturated rings. The number of azo groups is 2. The summed E-state index contributed by atoms with van der Waals surface area (Å²) in [7, 11) is -9.66. The monoisotopic (exact) mass is 983 g/mol. The maximum atomic E-state index is 12.1. The van der Waals surface area contributed by atoms with Crippen molar-refractivity contribution in [1.82, 2.24) is 0 Å². The van der Waals surface area contributed by atoms with Gasteiger partial charge in [-0.2, -0.15) is 23.8 Å². The van der Waals surface area contributed by atoms with E-state index in [2.05, 4.69) is 20.5 Å². The second kappa shape index (κ2) is 22.9. The first-order chi connectivity index (χ1) is 28.0. The van der Waals surface area contributed by atoms with Gasteiger partial charge in [0.15, 0.2) is 0 Å². The van der Waals surface area contributed by atoms with Crippen LogP contribution in [-0.4, -0.2) is 45.6 Å². The van der Waals surface area contributed by atoms with Gasteiger partial charge in [-0.05, 0) is 22.9 Å². The summed E-state index contributed by atoms with van der Waals surface area (Å²) in [5, 5.41) is 82.6. The van der Waals surface area contributed by atoms with Crippen molar-refractivity contribution in [1.29, 1.82) is 0 Å². The Bertz CT molecular complexity index is 2940. The van der Waals surface area contributed by atoms with Crippen LogP contribution in [0.25, 0.3) is 27.3 Å². The number of non-ortho nitro benzene ring substituents is 2. The molecule has 1 radical (unpaired) electrons. The minimum atomic E-state index is -4.97. The van der Waals surface area contributed by atoms with Gasteiger partial charge >= 0.3 is 106 Å². The first kappa shape index (κ1) is 57.2. The van der Waals surface area contributed by atoms with Crippen molar-refractivity contribution in [3.05, 3.63) is 131 Å². The SMILES string of the molecule is Nc1c(N=Nc2cc([N+](=O)[O-])cc([N+](=O)[O-])c2[O-])cc(S(=O)(=O)O)c2ccccc12.[Cr+3].[NH-]c1c(N=Nc2cc([N+](=O)[O-])cc([N+](=O)[O-])c2[O-])cc(S(=O)(=O)[O-])c2ccccc12.[Na+].[Na+].[Na+]. The maximum Gasteiger partial charge on any atom is 3.00 e. The van der Waals surface area contributed by atoms with Crippen LogP contribution in [0.1, 0.15) is 0 Å². The maximum absolute atomic E-state index is 12.1. The fourth-order valence-electron chi connectivity index (χ4n) is 5.27. The number of hydrogen-bond donors (Lipinski definition) is 2. The predicted octanol–water partition coefficient (Wildman–Crippen LogP) is -2.28. The Kier molecular flexibility index (Phi) is 20.5. The zero-order valence-electron chi connectivity index (χ0n) is 32.5. The molecular weight excluding hydrogens is 966 g/mol. The zero-order chi connectivity index (χ0) is 44.4. The number of nitrogens with zero attached hydrogens (tertiary/aromatic N) is 8. The van der Waals surface area contributed by atoms with Crippen LogP contribution in [0.2, 0.25) is 0 Å². The van der Waals surface area contributed by atoms with Crippen molar-refractivity contribution in [2.75, 3.05) is 5.73 Å². The second-order valence-corrected chi connectivity index (χ2v) is 14.4. The molecule has 32 heteroatoms. The third-order valence-corrected chi connectivity index (χ3v) is 9.74. The van der Waals surface area contributed by atoms with Gasteiger partial charge in [0.25, 0.3) is 32.9 Å². The fraction of sp³-hybridized carbons (Fsp3) is 0. The van der Waals surface area contributed by atoms with Crippen LogP contribution < -0.4 is 105 Å². The summed E-state index contributed by atoms with van der Waals surface area (Å²) in [5.41, 5.74) is 7.75. The van der Waals surface area contributed by atoms with E-state index in [1.54, 1.807) is 6.07 Å². The molecule has 4 N–H and O–H groups in total. The number of benzene rings is 6. The number of nitro benzene ring substituents is 4. The molecule has 0 unspecified atom stereocenters. The molecule has 26 nitrogen and oxygen atoms in total. The van der Waals surface area contributed by atoms with Gasteiger partial charge in [-0.15, -0.1) is 10.8 Å². The van der Waals surface area contributed by atoms with E-state index < -0.39 is 101 Å². The molecule has 0 heterocycles. The number of nitrogens with two attached hydrogens (primary N) is 1. The van der Waals surface area contributed by atoms with Gasteiger partial charge in [-0.1, -0.05) is 48.5 Å². The summed E-state index contributed by atoms with van der Waals surface area (Å²) in [5.74, 6) is -2.50. The number of nitro groups is 4. The molecule has 0 aliphatic heterocycles. The number of nitrogen functional groups attached to an aromatic ring is 1. The molecule has 0 aromatic heterocycles. The summed E-state index contributed by atoms with van der Waals surface area (Å²) >= 11 is 0. The van der Waals surface area contributed by atoms with Gasteiger partial charge in [0.05, 0.1) is 59.5 Å². The largest absolute Gasteiger partial charge is 3.00 e. The second-order valence-electron chi connectivity index (χ2n) is 11.7. The van der Waals surface area contributed by atoms with Crippen molar-refractivity contribution < 1.29 is 162 Å². The predicted molar refractivity (Wildman–Crippen MR) is 201 cm³/mol. The van der Waals surface area contributed by atoms with Crippen LogP contribution in [0.4, 0.5) is 56.9 Å². The minimum Gasteiger partial charge on any atom is -0.866 e. The molecule has 0 atom stereocenters. The van der Waals surface area contributed by atoms with E-state index in [0.717, 1.165) is 12.1 Å². The third kappa shape index (κ3) is 12.7. The smallest absolute Gasteiger partial charge is 0.866 e. The number of fused-ring (bicyclic) bond motifs is 2. The van der Waals surface area contributed by atoms with Crippen LogP contribution in [0.3, 0.4) is 0 Å². The molecule has 311 valence electrons. The van der Waals surface area contributed by atoms with E-state index in [4.69, 9.17) is 11.5 Å². The fourth-order valence-corrected chi connectivity index (χ4v) is 6.69. The van der Waals surface area contributed by atoms with Crippen LogP contribution in [-0.2, 0) is 37.6 Å². The summed E-state index contributed by atoms with van der Waals surface area (Å²) in [6, 6.07) is 15.5. The molecule has 0 saturated carbocycles. The summed E-state index contributed by atoms with van der Waals surface area (Å²) in [6.45, 7) is 0. The van der Waals surface area contributed by atoms with E-state index in [9.17, 15) is 76.6 Å². The van der Waals surface area contributed by atoms with Crippen molar-refractivity contribution in [2.45, 2.75) is 9.79 Å². The molecule has 0 spiro atoms. The first-order valence-electron chi connectivity index (χ1n) is 15.6. The standard InChI is InChI=1S/C16H11N5O8S.C16H10N5O8S.Cr.3Na/c2*17-15-10-4-2-1-3-9(10)14(30(27,28)29)7-11(15)18-19-12-5-8(20(23)24)6-13(16(12)22)21(25)26;;;;/h1-7,22H,17H2,(H,27,28,29);1-7H,(H3-,17,18,19,22,27,28,29);;;;/q;-1;+3;3*+1/p-3. The topological polar surface area (TPSA) is 430 Å². The number of anilines is 1. The van der Waals surface area contributed by atoms with Crippen LogP contribution in [0.5, 0.6) is 11.5 Å². The number of rotatable bonds is 10. The van der Waals surface area contributed by atoms with Gasteiger partial charge in [-0.3, -0.25) is 45.0 Å². The molecule has 0 saturated heterocycles. The van der Waals surface area contributed by atoms with Crippen molar-refractivity contribution in [3.8, 4) is 11.5 Å². The summed E-state index contributed by atoms with van der Waals surface area (Å²) in [4.78, 5) is 38.5. The van der Waals surface area contributed by atoms with Gasteiger partial charge in [0.1, 0.15) is 20.7 Å².